The molecule has 204 valence electrons. The second-order valence-electron chi connectivity index (χ2n) is 12.6. The molecule has 8 atom stereocenters. The maximum absolute atomic E-state index is 17.5. The first kappa shape index (κ1) is 27.2. The van der Waals surface area contributed by atoms with Gasteiger partial charge in [0, 0.05) is 29.1 Å². The SMILES string of the molecule is CCCCSC1=C(CCCC)OC2(C1=O)[C@@H](C)C[C@H]1[C@@H]3CCC4=CC(=O)C=C[C@]4(C)[C@@]3(F)[C@@H](O)C[C@@]12C. The number of hydrogen-bond acceptors (Lipinski definition) is 5. The molecule has 5 aliphatic rings. The molecule has 6 heteroatoms. The first-order chi connectivity index (χ1) is 17.5. The second-order valence-corrected chi connectivity index (χ2v) is 13.7. The Balaban J connectivity index is 1.54. The van der Waals surface area contributed by atoms with Crippen LogP contribution in [0.2, 0.25) is 0 Å². The minimum Gasteiger partial charge on any atom is -0.481 e. The van der Waals surface area contributed by atoms with Crippen LogP contribution in [0.4, 0.5) is 4.39 Å². The molecule has 4 aliphatic carbocycles. The Labute approximate surface area is 225 Å². The molecule has 1 N–H and O–H groups in total. The normalized spacial score (nSPS) is 44.6. The molecule has 0 amide bonds. The van der Waals surface area contributed by atoms with Crippen molar-refractivity contribution in [2.75, 3.05) is 5.75 Å². The lowest BCUT2D eigenvalue weighted by Crippen LogP contribution is -2.69. The van der Waals surface area contributed by atoms with Gasteiger partial charge in [0.25, 0.3) is 0 Å². The minimum atomic E-state index is -1.89. The fourth-order valence-corrected chi connectivity index (χ4v) is 10.0. The largest absolute Gasteiger partial charge is 0.481 e. The van der Waals surface area contributed by atoms with Crippen molar-refractivity contribution in [1.29, 1.82) is 0 Å². The van der Waals surface area contributed by atoms with Crippen LogP contribution in [0.1, 0.15) is 92.4 Å². The van der Waals surface area contributed by atoms with E-state index in [0.717, 1.165) is 54.1 Å². The van der Waals surface area contributed by atoms with Crippen LogP contribution in [0.5, 0.6) is 0 Å². The first-order valence-corrected chi connectivity index (χ1v) is 15.4. The summed E-state index contributed by atoms with van der Waals surface area (Å²) in [6.07, 6.45) is 10.4. The molecular formula is C31H43FO4S. The van der Waals surface area contributed by atoms with Gasteiger partial charge in [0.2, 0.25) is 5.78 Å². The highest BCUT2D eigenvalue weighted by atomic mass is 32.2. The second kappa shape index (κ2) is 9.36. The molecule has 1 aliphatic heterocycles. The third kappa shape index (κ3) is 3.49. The quantitative estimate of drug-likeness (QED) is 0.364. The molecule has 0 aromatic carbocycles. The van der Waals surface area contributed by atoms with Crippen molar-refractivity contribution >= 4 is 23.3 Å². The van der Waals surface area contributed by atoms with E-state index in [2.05, 4.69) is 27.7 Å². The molecule has 4 nitrogen and oxygen atoms in total. The number of hydrogen-bond donors (Lipinski definition) is 1. The van der Waals surface area contributed by atoms with Gasteiger partial charge in [-0.25, -0.2) is 4.39 Å². The van der Waals surface area contributed by atoms with Gasteiger partial charge in [-0.15, -0.1) is 11.8 Å². The highest BCUT2D eigenvalue weighted by Crippen LogP contribution is 2.73. The maximum Gasteiger partial charge on any atom is 0.216 e. The Morgan fingerprint density at radius 2 is 1.89 bits per heavy atom. The van der Waals surface area contributed by atoms with E-state index in [1.165, 1.54) is 6.08 Å². The Hall–Kier alpha value is -1.40. The lowest BCUT2D eigenvalue weighted by molar-refractivity contribution is -0.218. The maximum atomic E-state index is 17.5. The average molecular weight is 531 g/mol. The van der Waals surface area contributed by atoms with E-state index >= 15 is 4.39 Å². The number of alkyl halides is 1. The molecule has 5 rings (SSSR count). The number of carbonyl (C=O) groups excluding carboxylic acids is 2. The summed E-state index contributed by atoms with van der Waals surface area (Å²) in [5, 5.41) is 11.7. The van der Waals surface area contributed by atoms with E-state index in [1.807, 2.05) is 6.92 Å². The summed E-state index contributed by atoms with van der Waals surface area (Å²) in [5.41, 5.74) is -3.83. The Morgan fingerprint density at radius 3 is 2.59 bits per heavy atom. The third-order valence-corrected chi connectivity index (χ3v) is 12.0. The summed E-state index contributed by atoms with van der Waals surface area (Å²) in [6.45, 7) is 10.3. The van der Waals surface area contributed by atoms with Crippen LogP contribution in [0, 0.1) is 28.6 Å². The molecule has 3 saturated carbocycles. The summed E-state index contributed by atoms with van der Waals surface area (Å²) < 4.78 is 24.4. The van der Waals surface area contributed by atoms with Crippen LogP contribution >= 0.6 is 11.8 Å². The van der Waals surface area contributed by atoms with Crippen molar-refractivity contribution in [3.63, 3.8) is 0 Å². The van der Waals surface area contributed by atoms with Crippen LogP contribution in [-0.4, -0.2) is 39.8 Å². The third-order valence-electron chi connectivity index (χ3n) is 10.8. The number of fused-ring (bicyclic) bond motifs is 6. The van der Waals surface area contributed by atoms with E-state index in [0.29, 0.717) is 19.3 Å². The molecule has 37 heavy (non-hydrogen) atoms. The number of halogens is 1. The monoisotopic (exact) mass is 530 g/mol. The number of rotatable bonds is 7. The molecule has 0 radical (unpaired) electrons. The molecular weight excluding hydrogens is 487 g/mol. The Morgan fingerprint density at radius 1 is 1.16 bits per heavy atom. The van der Waals surface area contributed by atoms with E-state index in [-0.39, 0.29) is 29.8 Å². The topological polar surface area (TPSA) is 63.6 Å². The molecule has 1 unspecified atom stereocenters. The molecule has 0 aromatic rings. The zero-order valence-corrected chi connectivity index (χ0v) is 23.9. The average Bonchev–Trinajstić information content (AvgIpc) is 3.26. The van der Waals surface area contributed by atoms with E-state index in [4.69, 9.17) is 4.74 Å². The van der Waals surface area contributed by atoms with Gasteiger partial charge in [0.15, 0.2) is 17.1 Å². The van der Waals surface area contributed by atoms with Gasteiger partial charge in [0.05, 0.1) is 11.0 Å². The van der Waals surface area contributed by atoms with Gasteiger partial charge in [-0.3, -0.25) is 9.59 Å². The number of allylic oxidation sites excluding steroid dienone is 5. The van der Waals surface area contributed by atoms with E-state index in [9.17, 15) is 14.7 Å². The van der Waals surface area contributed by atoms with E-state index < -0.39 is 34.1 Å². The number of unbranched alkanes of at least 4 members (excludes halogenated alkanes) is 2. The van der Waals surface area contributed by atoms with Crippen molar-refractivity contribution in [3.05, 3.63) is 34.5 Å². The van der Waals surface area contributed by atoms with Gasteiger partial charge in [0.1, 0.15) is 5.76 Å². The Bertz CT molecular complexity index is 1080. The summed E-state index contributed by atoms with van der Waals surface area (Å²) in [7, 11) is 0. The van der Waals surface area contributed by atoms with Crippen molar-refractivity contribution in [2.24, 2.45) is 28.6 Å². The van der Waals surface area contributed by atoms with Gasteiger partial charge >= 0.3 is 0 Å². The summed E-state index contributed by atoms with van der Waals surface area (Å²) in [5.74, 6) is 1.11. The molecule has 0 aromatic heterocycles. The lowest BCUT2D eigenvalue weighted by Gasteiger charge is -2.62. The lowest BCUT2D eigenvalue weighted by atomic mass is 9.44. The first-order valence-electron chi connectivity index (χ1n) is 14.4. The van der Waals surface area contributed by atoms with Crippen LogP contribution < -0.4 is 0 Å². The standard InChI is InChI=1S/C31H43FO4S/c1-6-8-10-24-26(37-15-9-7-2)27(35)31(36-24)19(3)16-23-22-12-11-20-17-21(33)13-14-28(20,4)30(22,32)25(34)18-29(23,31)5/h13-14,17,19,22-23,25,34H,6-12,15-16,18H2,1-5H3/t19-,22-,23-,25-,28-,29-,30-,31?/m0/s1. The number of ketones is 2. The van der Waals surface area contributed by atoms with Gasteiger partial charge in [-0.05, 0) is 69.3 Å². The number of Topliss-reactive ketones (excluding diaryl/α,β-unsaturated/α-hetero) is 1. The van der Waals surface area contributed by atoms with Crippen molar-refractivity contribution in [1.82, 2.24) is 0 Å². The predicted octanol–water partition coefficient (Wildman–Crippen LogP) is 6.88. The fraction of sp³-hybridized carbons (Fsp3) is 0.742. The smallest absolute Gasteiger partial charge is 0.216 e. The Kier molecular flexibility index (Phi) is 6.88. The number of aliphatic hydroxyl groups excluding tert-OH is 1. The zero-order chi connectivity index (χ0) is 26.8. The highest BCUT2D eigenvalue weighted by molar-refractivity contribution is 8.04. The zero-order valence-electron chi connectivity index (χ0n) is 23.1. The van der Waals surface area contributed by atoms with E-state index in [1.54, 1.807) is 23.9 Å². The fourth-order valence-electron chi connectivity index (χ4n) is 8.78. The minimum absolute atomic E-state index is 0.0707. The van der Waals surface area contributed by atoms with Crippen LogP contribution in [0.15, 0.2) is 34.5 Å². The molecule has 1 spiro atoms. The van der Waals surface area contributed by atoms with Crippen molar-refractivity contribution in [3.8, 4) is 0 Å². The molecule has 0 saturated heterocycles. The molecule has 0 bridgehead atoms. The van der Waals surface area contributed by atoms with Gasteiger partial charge < -0.3 is 9.84 Å². The number of aliphatic hydroxyl groups is 1. The van der Waals surface area contributed by atoms with Crippen molar-refractivity contribution < 1.29 is 23.8 Å². The van der Waals surface area contributed by atoms with Crippen LogP contribution in [-0.2, 0) is 14.3 Å². The molecule has 1 heterocycles. The van der Waals surface area contributed by atoms with Gasteiger partial charge in [-0.1, -0.05) is 52.2 Å². The summed E-state index contributed by atoms with van der Waals surface area (Å²) in [4.78, 5) is 27.3. The number of carbonyl (C=O) groups is 2. The molecule has 3 fully saturated rings. The van der Waals surface area contributed by atoms with Crippen LogP contribution in [0.25, 0.3) is 0 Å². The van der Waals surface area contributed by atoms with Crippen molar-refractivity contribution in [2.45, 2.75) is 110 Å². The summed E-state index contributed by atoms with van der Waals surface area (Å²) in [6, 6.07) is 0. The highest BCUT2D eigenvalue weighted by Gasteiger charge is 2.78. The predicted molar refractivity (Wildman–Crippen MR) is 146 cm³/mol. The van der Waals surface area contributed by atoms with Crippen LogP contribution in [0.3, 0.4) is 0 Å². The summed E-state index contributed by atoms with van der Waals surface area (Å²) >= 11 is 1.63. The van der Waals surface area contributed by atoms with Gasteiger partial charge in [-0.2, -0.15) is 0 Å². The number of thioether (sulfide) groups is 1. The number of ether oxygens (including phenoxy) is 1.